The Kier molecular flexibility index (Phi) is 6.50. The van der Waals surface area contributed by atoms with Crippen molar-refractivity contribution in [2.75, 3.05) is 18.6 Å². The molecule has 2 saturated carbocycles. The van der Waals surface area contributed by atoms with Gasteiger partial charge in [-0.3, -0.25) is 4.79 Å². The summed E-state index contributed by atoms with van der Waals surface area (Å²) in [6.45, 7) is 4.59. The van der Waals surface area contributed by atoms with Gasteiger partial charge in [0.1, 0.15) is 32.4 Å². The number of halogens is 1. The molecule has 12 heteroatoms. The summed E-state index contributed by atoms with van der Waals surface area (Å²) in [6, 6.07) is 8.42. The Morgan fingerprint density at radius 1 is 1.12 bits per heavy atom. The Morgan fingerprint density at radius 2 is 1.88 bits per heavy atom. The van der Waals surface area contributed by atoms with Crippen LogP contribution in [0.15, 0.2) is 30.3 Å². The van der Waals surface area contributed by atoms with Crippen LogP contribution in [0.1, 0.15) is 55.6 Å². The second-order valence-corrected chi connectivity index (χ2v) is 15.5. The SMILES string of the molecule is CC(C)(O)c1ccc2cc(-c3nc4cc(C(=O)N5C[C@H]6CC[C@H]6[C@H]5N)cc(F)c4n3CCS(C)(=O)=O)n(CC3CC3)c2n1. The Hall–Kier alpha value is -3.35. The number of aliphatic hydroxyl groups is 1. The predicted octanol–water partition coefficient (Wildman–Crippen LogP) is 3.64. The van der Waals surface area contributed by atoms with Gasteiger partial charge in [0.15, 0.2) is 5.82 Å². The van der Waals surface area contributed by atoms with Gasteiger partial charge in [-0.1, -0.05) is 0 Å². The van der Waals surface area contributed by atoms with Gasteiger partial charge in [-0.2, -0.15) is 0 Å². The number of carbonyl (C=O) groups is 1. The Labute approximate surface area is 249 Å². The summed E-state index contributed by atoms with van der Waals surface area (Å²) in [5, 5.41) is 11.5. The molecule has 0 radical (unpaired) electrons. The normalized spacial score (nSPS) is 22.4. The number of fused-ring (bicyclic) bond motifs is 3. The number of rotatable bonds is 8. The van der Waals surface area contributed by atoms with E-state index in [1.165, 1.54) is 6.07 Å². The van der Waals surface area contributed by atoms with E-state index in [1.54, 1.807) is 35.4 Å². The van der Waals surface area contributed by atoms with Gasteiger partial charge >= 0.3 is 0 Å². The molecule has 10 nitrogen and oxygen atoms in total. The fourth-order valence-electron chi connectivity index (χ4n) is 6.67. The number of benzene rings is 1. The maximum atomic E-state index is 16.0. The third kappa shape index (κ3) is 5.02. The van der Waals surface area contributed by atoms with Crippen LogP contribution in [-0.2, 0) is 28.5 Å². The summed E-state index contributed by atoms with van der Waals surface area (Å²) in [7, 11) is -3.38. The molecule has 43 heavy (non-hydrogen) atoms. The number of carbonyl (C=O) groups excluding carboxylic acids is 1. The van der Waals surface area contributed by atoms with Gasteiger partial charge in [-0.05, 0) is 87.6 Å². The summed E-state index contributed by atoms with van der Waals surface area (Å²) < 4.78 is 44.1. The minimum Gasteiger partial charge on any atom is -0.384 e. The molecule has 1 saturated heterocycles. The second kappa shape index (κ2) is 9.83. The number of hydrogen-bond acceptors (Lipinski definition) is 7. The van der Waals surface area contributed by atoms with E-state index in [0.29, 0.717) is 53.7 Å². The van der Waals surface area contributed by atoms with E-state index >= 15 is 4.39 Å². The zero-order valence-corrected chi connectivity index (χ0v) is 25.4. The second-order valence-electron chi connectivity index (χ2n) is 13.2. The number of imidazole rings is 1. The quantitative estimate of drug-likeness (QED) is 0.312. The molecule has 228 valence electrons. The molecule has 7 rings (SSSR count). The first-order valence-electron chi connectivity index (χ1n) is 15.0. The fraction of sp³-hybridized carbons (Fsp3) is 0.516. The summed E-state index contributed by atoms with van der Waals surface area (Å²) >= 11 is 0. The lowest BCUT2D eigenvalue weighted by Gasteiger charge is -2.31. The molecule has 1 aliphatic heterocycles. The van der Waals surface area contributed by atoms with E-state index in [2.05, 4.69) is 0 Å². The highest BCUT2D eigenvalue weighted by molar-refractivity contribution is 7.90. The van der Waals surface area contributed by atoms with Crippen LogP contribution in [0.5, 0.6) is 0 Å². The zero-order chi connectivity index (χ0) is 30.4. The number of likely N-dealkylation sites (tertiary alicyclic amines) is 1. The van der Waals surface area contributed by atoms with E-state index in [9.17, 15) is 18.3 Å². The fourth-order valence-corrected chi connectivity index (χ4v) is 7.18. The largest absolute Gasteiger partial charge is 0.384 e. The number of nitrogens with zero attached hydrogens (tertiary/aromatic N) is 5. The van der Waals surface area contributed by atoms with Gasteiger partial charge in [0.05, 0.1) is 28.8 Å². The van der Waals surface area contributed by atoms with Crippen LogP contribution in [0.3, 0.4) is 0 Å². The minimum absolute atomic E-state index is 0.0114. The average Bonchev–Trinajstić information content (AvgIpc) is 3.48. The molecule has 0 spiro atoms. The van der Waals surface area contributed by atoms with Gasteiger partial charge in [0.2, 0.25) is 0 Å². The van der Waals surface area contributed by atoms with Crippen molar-refractivity contribution in [1.82, 2.24) is 24.0 Å². The highest BCUT2D eigenvalue weighted by atomic mass is 32.2. The predicted molar refractivity (Wildman–Crippen MR) is 161 cm³/mol. The molecule has 3 N–H and O–H groups in total. The monoisotopic (exact) mass is 608 g/mol. The molecular formula is C31H37FN6O4S. The zero-order valence-electron chi connectivity index (χ0n) is 24.6. The molecule has 3 aliphatic rings. The first kappa shape index (κ1) is 28.4. The maximum absolute atomic E-state index is 16.0. The number of pyridine rings is 1. The number of amides is 1. The maximum Gasteiger partial charge on any atom is 0.255 e. The molecule has 3 atom stereocenters. The van der Waals surface area contributed by atoms with Crippen molar-refractivity contribution in [3.8, 4) is 11.5 Å². The highest BCUT2D eigenvalue weighted by Gasteiger charge is 2.47. The molecular weight excluding hydrogens is 571 g/mol. The van der Waals surface area contributed by atoms with Crippen LogP contribution in [0.2, 0.25) is 0 Å². The van der Waals surface area contributed by atoms with Crippen molar-refractivity contribution in [3.63, 3.8) is 0 Å². The first-order valence-corrected chi connectivity index (χ1v) is 17.0. The molecule has 1 amide bonds. The van der Waals surface area contributed by atoms with Crippen LogP contribution < -0.4 is 5.73 Å². The lowest BCUT2D eigenvalue weighted by atomic mass is 9.75. The topological polar surface area (TPSA) is 136 Å². The average molecular weight is 609 g/mol. The Balaban J connectivity index is 1.39. The van der Waals surface area contributed by atoms with E-state index in [-0.39, 0.29) is 41.0 Å². The highest BCUT2D eigenvalue weighted by Crippen LogP contribution is 2.44. The standard InChI is InChI=1S/C31H37FN6O4S/c1-31(2,40)25-9-7-18-14-24(37(28(18)35-25)15-17-4-5-17)29-34-23-13-20(30(39)38-16-19-6-8-21(19)27(38)33)12-22(32)26(23)36(29)10-11-43(3,41)42/h7,9,12-14,17,19,21,27,40H,4-6,8,10-11,15-16,33H2,1-3H3/t19-,21-,27+/m1/s1. The third-order valence-corrected chi connectivity index (χ3v) is 10.4. The van der Waals surface area contributed by atoms with Gasteiger partial charge in [-0.15, -0.1) is 0 Å². The van der Waals surface area contributed by atoms with Gasteiger partial charge < -0.3 is 24.9 Å². The molecule has 3 aromatic heterocycles. The molecule has 1 aromatic carbocycles. The van der Waals surface area contributed by atoms with Crippen molar-refractivity contribution in [3.05, 3.63) is 47.4 Å². The summed E-state index contributed by atoms with van der Waals surface area (Å²) in [5.41, 5.74) is 7.72. The molecule has 4 heterocycles. The lowest BCUT2D eigenvalue weighted by Crippen LogP contribution is -2.44. The van der Waals surface area contributed by atoms with Crippen molar-refractivity contribution in [1.29, 1.82) is 0 Å². The van der Waals surface area contributed by atoms with E-state index < -0.39 is 21.3 Å². The van der Waals surface area contributed by atoms with Crippen LogP contribution in [-0.4, -0.2) is 68.2 Å². The minimum atomic E-state index is -3.38. The molecule has 4 aromatic rings. The van der Waals surface area contributed by atoms with E-state index in [0.717, 1.165) is 37.3 Å². The molecule has 2 aliphatic carbocycles. The van der Waals surface area contributed by atoms with Crippen molar-refractivity contribution >= 4 is 37.8 Å². The van der Waals surface area contributed by atoms with Crippen molar-refractivity contribution in [2.45, 2.75) is 64.4 Å². The van der Waals surface area contributed by atoms with Crippen LogP contribution in [0.4, 0.5) is 4.39 Å². The number of aromatic nitrogens is 4. The molecule has 0 bridgehead atoms. The summed E-state index contributed by atoms with van der Waals surface area (Å²) in [6.07, 6.45) is 4.97. The van der Waals surface area contributed by atoms with Crippen molar-refractivity contribution in [2.24, 2.45) is 23.5 Å². The number of sulfone groups is 1. The lowest BCUT2D eigenvalue weighted by molar-refractivity contribution is 0.0721. The molecule has 3 fully saturated rings. The molecule has 0 unspecified atom stereocenters. The van der Waals surface area contributed by atoms with Gasteiger partial charge in [0, 0.05) is 36.8 Å². The number of aryl methyl sites for hydroxylation is 1. The number of nitrogens with two attached hydrogens (primary N) is 1. The van der Waals surface area contributed by atoms with Crippen molar-refractivity contribution < 1.29 is 22.7 Å². The van der Waals surface area contributed by atoms with E-state index in [4.69, 9.17) is 15.7 Å². The van der Waals surface area contributed by atoms with Crippen LogP contribution in [0.25, 0.3) is 33.6 Å². The van der Waals surface area contributed by atoms with E-state index in [1.807, 2.05) is 16.7 Å². The van der Waals surface area contributed by atoms with Crippen LogP contribution in [0, 0.1) is 23.6 Å². The third-order valence-electron chi connectivity index (χ3n) is 9.43. The smallest absolute Gasteiger partial charge is 0.255 e. The van der Waals surface area contributed by atoms with Crippen LogP contribution >= 0.6 is 0 Å². The number of hydrogen-bond donors (Lipinski definition) is 2. The van der Waals surface area contributed by atoms with Gasteiger partial charge in [-0.25, -0.2) is 22.8 Å². The Bertz CT molecular complexity index is 1890. The first-order chi connectivity index (χ1) is 20.3. The summed E-state index contributed by atoms with van der Waals surface area (Å²) in [5.74, 6) is 0.378. The summed E-state index contributed by atoms with van der Waals surface area (Å²) in [4.78, 5) is 24.8. The van der Waals surface area contributed by atoms with Gasteiger partial charge in [0.25, 0.3) is 5.91 Å². The Morgan fingerprint density at radius 3 is 2.49 bits per heavy atom.